The lowest BCUT2D eigenvalue weighted by molar-refractivity contribution is -0.141. The highest BCUT2D eigenvalue weighted by atomic mass is 79.9. The van der Waals surface area contributed by atoms with Crippen LogP contribution >= 0.6 is 15.9 Å². The molecule has 1 aliphatic heterocycles. The smallest absolute Gasteiger partial charge is 0.356 e. The van der Waals surface area contributed by atoms with Gasteiger partial charge >= 0.3 is 6.18 Å². The molecule has 0 saturated carbocycles. The number of aryl methyl sites for hydroxylation is 1. The Bertz CT molecular complexity index is 679. The molecule has 0 aromatic carbocycles. The zero-order chi connectivity index (χ0) is 15.9. The third kappa shape index (κ3) is 3.23. The summed E-state index contributed by atoms with van der Waals surface area (Å²) in [5.74, 6) is 0.804. The third-order valence-corrected chi connectivity index (χ3v) is 3.85. The lowest BCUT2D eigenvalue weighted by Gasteiger charge is -2.40. The van der Waals surface area contributed by atoms with Gasteiger partial charge in [-0.15, -0.1) is 0 Å². The Kier molecular flexibility index (Phi) is 3.84. The highest BCUT2D eigenvalue weighted by Crippen LogP contribution is 2.31. The second kappa shape index (κ2) is 5.53. The van der Waals surface area contributed by atoms with Gasteiger partial charge in [0, 0.05) is 37.8 Å². The summed E-state index contributed by atoms with van der Waals surface area (Å²) in [5.41, 5.74) is -0.894. The summed E-state index contributed by atoms with van der Waals surface area (Å²) in [6.45, 7) is 3.52. The molecule has 1 fully saturated rings. The molecule has 0 unspecified atom stereocenters. The van der Waals surface area contributed by atoms with Gasteiger partial charge in [-0.2, -0.15) is 18.3 Å². The molecule has 0 aliphatic carbocycles. The average Bonchev–Trinajstić information content (AvgIpc) is 2.77. The first kappa shape index (κ1) is 15.3. The van der Waals surface area contributed by atoms with Crippen molar-refractivity contribution in [3.8, 4) is 0 Å². The summed E-state index contributed by atoms with van der Waals surface area (Å²) < 4.78 is 41.1. The van der Waals surface area contributed by atoms with Crippen molar-refractivity contribution in [3.63, 3.8) is 0 Å². The van der Waals surface area contributed by atoms with E-state index in [1.54, 1.807) is 6.20 Å². The van der Waals surface area contributed by atoms with Crippen molar-refractivity contribution in [1.29, 1.82) is 0 Å². The predicted octanol–water partition coefficient (Wildman–Crippen LogP) is 2.90. The molecule has 2 aromatic heterocycles. The van der Waals surface area contributed by atoms with Gasteiger partial charge in [-0.25, -0.2) is 9.97 Å². The molecule has 0 atom stereocenters. The van der Waals surface area contributed by atoms with E-state index in [0.29, 0.717) is 24.8 Å². The molecule has 0 amide bonds. The van der Waals surface area contributed by atoms with Gasteiger partial charge in [0.15, 0.2) is 0 Å². The molecule has 3 heterocycles. The second-order valence-corrected chi connectivity index (χ2v) is 6.22. The van der Waals surface area contributed by atoms with E-state index in [1.807, 2.05) is 15.8 Å². The lowest BCUT2D eigenvalue weighted by atomic mass is 10.0. The van der Waals surface area contributed by atoms with Crippen molar-refractivity contribution in [2.75, 3.05) is 18.0 Å². The Morgan fingerprint density at radius 3 is 2.64 bits per heavy atom. The van der Waals surface area contributed by atoms with Gasteiger partial charge in [-0.05, 0) is 22.9 Å². The molecule has 3 rings (SSSR count). The van der Waals surface area contributed by atoms with Crippen LogP contribution in [0.1, 0.15) is 11.5 Å². The number of alkyl halides is 3. The van der Waals surface area contributed by atoms with E-state index in [4.69, 9.17) is 0 Å². The van der Waals surface area contributed by atoms with Crippen LogP contribution in [0.4, 0.5) is 19.0 Å². The average molecular weight is 376 g/mol. The van der Waals surface area contributed by atoms with Crippen LogP contribution in [0, 0.1) is 12.8 Å². The van der Waals surface area contributed by atoms with Crippen molar-refractivity contribution in [2.45, 2.75) is 19.6 Å². The second-order valence-electron chi connectivity index (χ2n) is 5.31. The van der Waals surface area contributed by atoms with E-state index in [9.17, 15) is 13.2 Å². The van der Waals surface area contributed by atoms with Gasteiger partial charge in [-0.1, -0.05) is 0 Å². The Morgan fingerprint density at radius 2 is 2.05 bits per heavy atom. The van der Waals surface area contributed by atoms with E-state index in [-0.39, 0.29) is 5.82 Å². The first-order valence-corrected chi connectivity index (χ1v) is 7.46. The molecule has 0 N–H and O–H groups in total. The maximum atomic E-state index is 12.8. The fraction of sp³-hybridized carbons (Fsp3) is 0.462. The monoisotopic (exact) mass is 375 g/mol. The Hall–Kier alpha value is -1.64. The molecular formula is C13H13BrF3N5. The normalized spacial score (nSPS) is 16.0. The zero-order valence-corrected chi connectivity index (χ0v) is 13.3. The first-order valence-electron chi connectivity index (χ1n) is 6.67. The lowest BCUT2D eigenvalue weighted by Crippen LogP contribution is -2.49. The van der Waals surface area contributed by atoms with Gasteiger partial charge < -0.3 is 4.90 Å². The van der Waals surface area contributed by atoms with Crippen molar-refractivity contribution in [3.05, 3.63) is 34.5 Å². The van der Waals surface area contributed by atoms with Gasteiger partial charge in [0.2, 0.25) is 0 Å². The number of hydrogen-bond acceptors (Lipinski definition) is 4. The van der Waals surface area contributed by atoms with E-state index < -0.39 is 11.9 Å². The quantitative estimate of drug-likeness (QED) is 0.827. The van der Waals surface area contributed by atoms with Crippen molar-refractivity contribution in [2.24, 2.45) is 5.92 Å². The number of aromatic nitrogens is 4. The van der Waals surface area contributed by atoms with E-state index >= 15 is 0 Å². The largest absolute Gasteiger partial charge is 0.433 e. The van der Waals surface area contributed by atoms with Gasteiger partial charge in [0.1, 0.15) is 17.3 Å². The summed E-state index contributed by atoms with van der Waals surface area (Å²) in [5, 5.41) is 4.17. The van der Waals surface area contributed by atoms with E-state index in [2.05, 4.69) is 31.0 Å². The molecule has 118 valence electrons. The highest BCUT2D eigenvalue weighted by Gasteiger charge is 2.35. The molecule has 0 radical (unpaired) electrons. The molecule has 0 bridgehead atoms. The van der Waals surface area contributed by atoms with Crippen LogP contribution in [-0.4, -0.2) is 32.8 Å². The first-order chi connectivity index (χ1) is 10.3. The summed E-state index contributed by atoms with van der Waals surface area (Å²) >= 11 is 3.33. The van der Waals surface area contributed by atoms with Crippen LogP contribution in [0.25, 0.3) is 0 Å². The van der Waals surface area contributed by atoms with Crippen molar-refractivity contribution >= 4 is 21.7 Å². The molecule has 9 heteroatoms. The summed E-state index contributed by atoms with van der Waals surface area (Å²) in [6, 6.07) is 1.01. The topological polar surface area (TPSA) is 46.8 Å². The molecule has 1 saturated heterocycles. The Balaban J connectivity index is 1.66. The molecule has 22 heavy (non-hydrogen) atoms. The molecule has 0 spiro atoms. The van der Waals surface area contributed by atoms with E-state index in [0.717, 1.165) is 17.1 Å². The molecule has 2 aromatic rings. The minimum Gasteiger partial charge on any atom is -0.356 e. The fourth-order valence-corrected chi connectivity index (χ4v) is 2.76. The molecular weight excluding hydrogens is 363 g/mol. The van der Waals surface area contributed by atoms with Crippen LogP contribution in [0.15, 0.2) is 22.9 Å². The number of anilines is 1. The van der Waals surface area contributed by atoms with Gasteiger partial charge in [0.05, 0.1) is 10.7 Å². The van der Waals surface area contributed by atoms with Crippen molar-refractivity contribution < 1.29 is 13.2 Å². The third-order valence-electron chi connectivity index (χ3n) is 3.44. The summed E-state index contributed by atoms with van der Waals surface area (Å²) in [4.78, 5) is 9.38. The standard InChI is InChI=1S/C13H13BrF3N5/c1-8-19-11(13(15,16)17)2-12(20-8)21-4-9(5-21)6-22-7-10(14)3-18-22/h2-3,7,9H,4-6H2,1H3. The Morgan fingerprint density at radius 1 is 1.32 bits per heavy atom. The van der Waals surface area contributed by atoms with Crippen LogP contribution in [-0.2, 0) is 12.7 Å². The summed E-state index contributed by atoms with van der Waals surface area (Å²) in [6.07, 6.45) is -0.868. The van der Waals surface area contributed by atoms with Gasteiger partial charge in [0.25, 0.3) is 0 Å². The number of hydrogen-bond donors (Lipinski definition) is 0. The number of nitrogens with zero attached hydrogens (tertiary/aromatic N) is 5. The van der Waals surface area contributed by atoms with Gasteiger partial charge in [-0.3, -0.25) is 4.68 Å². The maximum absolute atomic E-state index is 12.8. The fourth-order valence-electron chi connectivity index (χ4n) is 2.43. The predicted molar refractivity (Wildman–Crippen MR) is 77.4 cm³/mol. The zero-order valence-electron chi connectivity index (χ0n) is 11.7. The van der Waals surface area contributed by atoms with Crippen LogP contribution < -0.4 is 4.90 Å². The minimum atomic E-state index is -4.45. The minimum absolute atomic E-state index is 0.129. The Labute approximate surface area is 133 Å². The van der Waals surface area contributed by atoms with Crippen LogP contribution in [0.2, 0.25) is 0 Å². The number of halogens is 4. The van der Waals surface area contributed by atoms with Crippen molar-refractivity contribution in [1.82, 2.24) is 19.7 Å². The van der Waals surface area contributed by atoms with Crippen LogP contribution in [0.5, 0.6) is 0 Å². The summed E-state index contributed by atoms with van der Waals surface area (Å²) in [7, 11) is 0. The SMILES string of the molecule is Cc1nc(N2CC(Cn3cc(Br)cn3)C2)cc(C(F)(F)F)n1. The van der Waals surface area contributed by atoms with E-state index in [1.165, 1.54) is 6.92 Å². The number of rotatable bonds is 3. The molecule has 5 nitrogen and oxygen atoms in total. The highest BCUT2D eigenvalue weighted by molar-refractivity contribution is 9.10. The van der Waals surface area contributed by atoms with Crippen LogP contribution in [0.3, 0.4) is 0 Å². The molecule has 1 aliphatic rings. The maximum Gasteiger partial charge on any atom is 0.433 e.